The fraction of sp³-hybridized carbons (Fsp3) is 0.875. The second-order valence-electron chi connectivity index (χ2n) is 6.97. The molecular formula is C16H30N2O4. The van der Waals surface area contributed by atoms with Gasteiger partial charge in [-0.15, -0.1) is 0 Å². The lowest BCUT2D eigenvalue weighted by Crippen LogP contribution is -2.58. The lowest BCUT2D eigenvalue weighted by molar-refractivity contribution is -0.171. The Morgan fingerprint density at radius 3 is 2.18 bits per heavy atom. The zero-order chi connectivity index (χ0) is 16.8. The van der Waals surface area contributed by atoms with E-state index in [1.165, 1.54) is 26.4 Å². The van der Waals surface area contributed by atoms with Crippen molar-refractivity contribution in [1.29, 1.82) is 0 Å². The molecule has 1 fully saturated rings. The Kier molecular flexibility index (Phi) is 6.81. The highest BCUT2D eigenvalue weighted by Gasteiger charge is 2.45. The minimum Gasteiger partial charge on any atom is -0.467 e. The van der Waals surface area contributed by atoms with E-state index in [4.69, 9.17) is 15.2 Å². The van der Waals surface area contributed by atoms with Gasteiger partial charge in [0, 0.05) is 0 Å². The van der Waals surface area contributed by atoms with Crippen LogP contribution in [0.15, 0.2) is 0 Å². The van der Waals surface area contributed by atoms with Crippen molar-refractivity contribution in [2.24, 2.45) is 5.73 Å². The van der Waals surface area contributed by atoms with Crippen molar-refractivity contribution in [2.75, 3.05) is 26.7 Å². The molecule has 0 unspecified atom stereocenters. The zero-order valence-corrected chi connectivity index (χ0v) is 14.3. The lowest BCUT2D eigenvalue weighted by Gasteiger charge is -2.31. The molecule has 1 saturated heterocycles. The lowest BCUT2D eigenvalue weighted by atomic mass is 9.94. The summed E-state index contributed by atoms with van der Waals surface area (Å²) < 4.78 is 10.0. The summed E-state index contributed by atoms with van der Waals surface area (Å²) in [6.07, 6.45) is 4.57. The molecule has 22 heavy (non-hydrogen) atoms. The van der Waals surface area contributed by atoms with Crippen LogP contribution in [0.1, 0.15) is 52.9 Å². The molecule has 2 N–H and O–H groups in total. The third kappa shape index (κ3) is 5.57. The Hall–Kier alpha value is -1.14. The van der Waals surface area contributed by atoms with Gasteiger partial charge in [-0.3, -0.25) is 0 Å². The molecule has 1 aliphatic rings. The quantitative estimate of drug-likeness (QED) is 0.590. The SMILES string of the molecule is COC(=O)[C@@](N)(CCCN1CCCCC1)C(=O)OC(C)(C)C. The molecule has 6 nitrogen and oxygen atoms in total. The van der Waals surface area contributed by atoms with Gasteiger partial charge in [-0.05, 0) is 66.1 Å². The number of hydrogen-bond acceptors (Lipinski definition) is 6. The normalized spacial score (nSPS) is 19.3. The van der Waals surface area contributed by atoms with Gasteiger partial charge in [0.2, 0.25) is 5.54 Å². The maximum atomic E-state index is 12.3. The molecule has 0 spiro atoms. The van der Waals surface area contributed by atoms with Gasteiger partial charge in [0.25, 0.3) is 0 Å². The number of piperidine rings is 1. The molecule has 0 aromatic heterocycles. The third-order valence-electron chi connectivity index (χ3n) is 3.81. The van der Waals surface area contributed by atoms with Gasteiger partial charge >= 0.3 is 11.9 Å². The van der Waals surface area contributed by atoms with Crippen LogP contribution in [0.2, 0.25) is 0 Å². The van der Waals surface area contributed by atoms with Crippen LogP contribution in [-0.2, 0) is 19.1 Å². The van der Waals surface area contributed by atoms with Gasteiger partial charge in [0.15, 0.2) is 0 Å². The van der Waals surface area contributed by atoms with Gasteiger partial charge in [-0.1, -0.05) is 6.42 Å². The number of nitrogens with two attached hydrogens (primary N) is 1. The van der Waals surface area contributed by atoms with E-state index in [1.54, 1.807) is 20.8 Å². The van der Waals surface area contributed by atoms with Crippen LogP contribution in [0.4, 0.5) is 0 Å². The molecule has 0 amide bonds. The van der Waals surface area contributed by atoms with E-state index in [0.29, 0.717) is 6.42 Å². The number of rotatable bonds is 6. The van der Waals surface area contributed by atoms with Gasteiger partial charge in [0.05, 0.1) is 7.11 Å². The first-order chi connectivity index (χ1) is 10.2. The van der Waals surface area contributed by atoms with Crippen LogP contribution in [0, 0.1) is 0 Å². The van der Waals surface area contributed by atoms with E-state index in [2.05, 4.69) is 4.90 Å². The highest BCUT2D eigenvalue weighted by Crippen LogP contribution is 2.20. The summed E-state index contributed by atoms with van der Waals surface area (Å²) in [5.41, 5.74) is 3.63. The van der Waals surface area contributed by atoms with Crippen LogP contribution in [0.5, 0.6) is 0 Å². The summed E-state index contributed by atoms with van der Waals surface area (Å²) in [6.45, 7) is 8.21. The van der Waals surface area contributed by atoms with Gasteiger partial charge in [-0.25, -0.2) is 9.59 Å². The molecule has 1 aliphatic heterocycles. The fourth-order valence-electron chi connectivity index (χ4n) is 2.60. The molecule has 0 aliphatic carbocycles. The Morgan fingerprint density at radius 2 is 1.68 bits per heavy atom. The highest BCUT2D eigenvalue weighted by molar-refractivity contribution is 6.04. The van der Waals surface area contributed by atoms with Crippen molar-refractivity contribution in [3.8, 4) is 0 Å². The van der Waals surface area contributed by atoms with Crippen LogP contribution in [-0.4, -0.2) is 54.7 Å². The van der Waals surface area contributed by atoms with E-state index >= 15 is 0 Å². The van der Waals surface area contributed by atoms with Crippen LogP contribution in [0.3, 0.4) is 0 Å². The first-order valence-electron chi connectivity index (χ1n) is 8.02. The molecular weight excluding hydrogens is 284 g/mol. The first kappa shape index (κ1) is 18.9. The summed E-state index contributed by atoms with van der Waals surface area (Å²) in [4.78, 5) is 26.6. The highest BCUT2D eigenvalue weighted by atomic mass is 16.6. The standard InChI is InChI=1S/C16H30N2O4/c1-15(2,3)22-14(20)16(17,13(19)21-4)9-8-12-18-10-6-5-7-11-18/h5-12,17H2,1-4H3/t16-/m0/s1. The average Bonchev–Trinajstić information content (AvgIpc) is 2.45. The van der Waals surface area contributed by atoms with Crippen molar-refractivity contribution in [1.82, 2.24) is 4.90 Å². The number of esters is 2. The smallest absolute Gasteiger partial charge is 0.338 e. The number of hydrogen-bond donors (Lipinski definition) is 1. The maximum Gasteiger partial charge on any atom is 0.338 e. The molecule has 0 bridgehead atoms. The van der Waals surface area contributed by atoms with Crippen molar-refractivity contribution in [3.63, 3.8) is 0 Å². The number of methoxy groups -OCH3 is 1. The van der Waals surface area contributed by atoms with E-state index < -0.39 is 23.1 Å². The molecule has 0 saturated carbocycles. The molecule has 1 atom stereocenters. The predicted octanol–water partition coefficient (Wildman–Crippen LogP) is 1.46. The molecule has 0 aromatic rings. The largest absolute Gasteiger partial charge is 0.467 e. The van der Waals surface area contributed by atoms with Crippen molar-refractivity contribution >= 4 is 11.9 Å². The monoisotopic (exact) mass is 314 g/mol. The molecule has 6 heteroatoms. The van der Waals surface area contributed by atoms with E-state index in [1.807, 2.05) is 0 Å². The summed E-state index contributed by atoms with van der Waals surface area (Å²) >= 11 is 0. The second kappa shape index (κ2) is 7.92. The molecule has 0 aromatic carbocycles. The number of carbonyl (C=O) groups excluding carboxylic acids is 2. The Balaban J connectivity index is 2.62. The third-order valence-corrected chi connectivity index (χ3v) is 3.81. The van der Waals surface area contributed by atoms with Crippen LogP contribution >= 0.6 is 0 Å². The summed E-state index contributed by atoms with van der Waals surface area (Å²) in [5, 5.41) is 0. The summed E-state index contributed by atoms with van der Waals surface area (Å²) in [7, 11) is 1.24. The van der Waals surface area contributed by atoms with Gasteiger partial charge in [-0.2, -0.15) is 0 Å². The summed E-state index contributed by atoms with van der Waals surface area (Å²) in [6, 6.07) is 0. The first-order valence-corrected chi connectivity index (χ1v) is 8.02. The minimum absolute atomic E-state index is 0.227. The maximum absolute atomic E-state index is 12.3. The fourth-order valence-corrected chi connectivity index (χ4v) is 2.60. The van der Waals surface area contributed by atoms with E-state index in [0.717, 1.165) is 19.6 Å². The zero-order valence-electron chi connectivity index (χ0n) is 14.3. The Bertz CT molecular complexity index is 386. The predicted molar refractivity (Wildman–Crippen MR) is 84.3 cm³/mol. The van der Waals surface area contributed by atoms with Crippen molar-refractivity contribution in [2.45, 2.75) is 64.0 Å². The number of nitrogens with zero attached hydrogens (tertiary/aromatic N) is 1. The number of likely N-dealkylation sites (tertiary alicyclic amines) is 1. The minimum atomic E-state index is -1.72. The van der Waals surface area contributed by atoms with Crippen LogP contribution < -0.4 is 5.73 Å². The Morgan fingerprint density at radius 1 is 1.09 bits per heavy atom. The van der Waals surface area contributed by atoms with Crippen molar-refractivity contribution < 1.29 is 19.1 Å². The van der Waals surface area contributed by atoms with Crippen molar-refractivity contribution in [3.05, 3.63) is 0 Å². The topological polar surface area (TPSA) is 81.9 Å². The second-order valence-corrected chi connectivity index (χ2v) is 6.97. The average molecular weight is 314 g/mol. The van der Waals surface area contributed by atoms with E-state index in [-0.39, 0.29) is 6.42 Å². The number of ether oxygens (including phenoxy) is 2. The summed E-state index contributed by atoms with van der Waals surface area (Å²) in [5.74, 6) is -1.45. The van der Waals surface area contributed by atoms with E-state index in [9.17, 15) is 9.59 Å². The van der Waals surface area contributed by atoms with Gasteiger partial charge in [0.1, 0.15) is 5.60 Å². The van der Waals surface area contributed by atoms with Crippen LogP contribution in [0.25, 0.3) is 0 Å². The molecule has 128 valence electrons. The molecule has 1 rings (SSSR count). The molecule has 0 radical (unpaired) electrons. The van der Waals surface area contributed by atoms with Gasteiger partial charge < -0.3 is 20.1 Å². The number of carbonyl (C=O) groups is 2. The Labute approximate surface area is 133 Å². The molecule has 1 heterocycles.